The third-order valence-electron chi connectivity index (χ3n) is 4.78. The second kappa shape index (κ2) is 7.90. The molecule has 1 fully saturated rings. The van der Waals surface area contributed by atoms with Crippen LogP contribution in [0, 0.1) is 12.7 Å². The molecule has 29 heavy (non-hydrogen) atoms. The Morgan fingerprint density at radius 3 is 2.83 bits per heavy atom. The average Bonchev–Trinajstić information content (AvgIpc) is 3.31. The molecular weight excluding hydrogens is 377 g/mol. The third-order valence-corrected chi connectivity index (χ3v) is 4.78. The Labute approximate surface area is 166 Å². The zero-order valence-corrected chi connectivity index (χ0v) is 15.9. The number of amides is 1. The van der Waals surface area contributed by atoms with Crippen LogP contribution in [0.4, 0.5) is 4.39 Å². The molecule has 4 rings (SSSR count). The zero-order valence-electron chi connectivity index (χ0n) is 15.9. The van der Waals surface area contributed by atoms with Gasteiger partial charge in [0.05, 0.1) is 18.8 Å². The molecule has 1 aliphatic heterocycles. The van der Waals surface area contributed by atoms with Crippen LogP contribution in [-0.4, -0.2) is 39.8 Å². The summed E-state index contributed by atoms with van der Waals surface area (Å²) in [7, 11) is 0. The molecule has 0 spiro atoms. The van der Waals surface area contributed by atoms with E-state index in [9.17, 15) is 14.0 Å². The summed E-state index contributed by atoms with van der Waals surface area (Å²) in [6.07, 6.45) is 3.93. The van der Waals surface area contributed by atoms with Crippen LogP contribution in [0.15, 0.2) is 58.0 Å². The number of ether oxygens (including phenoxy) is 1. The van der Waals surface area contributed by atoms with Gasteiger partial charge < -0.3 is 14.1 Å². The van der Waals surface area contributed by atoms with E-state index in [0.717, 1.165) is 11.1 Å². The summed E-state index contributed by atoms with van der Waals surface area (Å²) in [5.74, 6) is 0.574. The van der Waals surface area contributed by atoms with E-state index in [1.54, 1.807) is 47.1 Å². The highest BCUT2D eigenvalue weighted by Gasteiger charge is 2.28. The molecule has 3 heterocycles. The zero-order chi connectivity index (χ0) is 20.4. The Morgan fingerprint density at radius 1 is 1.28 bits per heavy atom. The summed E-state index contributed by atoms with van der Waals surface area (Å²) < 4.78 is 25.4. The highest BCUT2D eigenvalue weighted by Crippen LogP contribution is 2.20. The van der Waals surface area contributed by atoms with Crippen molar-refractivity contribution in [3.05, 3.63) is 70.8 Å². The van der Waals surface area contributed by atoms with Crippen LogP contribution in [0.3, 0.4) is 0 Å². The van der Waals surface area contributed by atoms with Gasteiger partial charge in [-0.05, 0) is 24.6 Å². The summed E-state index contributed by atoms with van der Waals surface area (Å²) >= 11 is 0. The Kier molecular flexibility index (Phi) is 5.16. The van der Waals surface area contributed by atoms with Crippen LogP contribution < -0.4 is 10.4 Å². The van der Waals surface area contributed by atoms with Crippen molar-refractivity contribution < 1.29 is 18.3 Å². The number of halogens is 1. The topological polar surface area (TPSA) is 77.6 Å². The van der Waals surface area contributed by atoms with Gasteiger partial charge in [0.25, 0.3) is 0 Å². The fourth-order valence-electron chi connectivity index (χ4n) is 3.37. The SMILES string of the molecule is Cc1cc(OC2CCN(C(=O)Cn3cc(-c4ccc(F)cc4)cn3)C2)cc(=O)o1. The molecule has 1 aliphatic rings. The lowest BCUT2D eigenvalue weighted by Crippen LogP contribution is -2.33. The van der Waals surface area contributed by atoms with Crippen molar-refractivity contribution in [3.63, 3.8) is 0 Å². The molecule has 3 aromatic rings. The molecule has 150 valence electrons. The Balaban J connectivity index is 1.35. The molecule has 0 bridgehead atoms. The Bertz CT molecular complexity index is 1070. The first-order valence-corrected chi connectivity index (χ1v) is 9.31. The smallest absolute Gasteiger partial charge is 0.339 e. The lowest BCUT2D eigenvalue weighted by molar-refractivity contribution is -0.131. The fourth-order valence-corrected chi connectivity index (χ4v) is 3.37. The monoisotopic (exact) mass is 397 g/mol. The summed E-state index contributed by atoms with van der Waals surface area (Å²) in [6.45, 7) is 2.82. The van der Waals surface area contributed by atoms with Gasteiger partial charge in [-0.15, -0.1) is 0 Å². The maximum atomic E-state index is 13.1. The van der Waals surface area contributed by atoms with Crippen molar-refractivity contribution in [2.45, 2.75) is 26.0 Å². The summed E-state index contributed by atoms with van der Waals surface area (Å²) in [5.41, 5.74) is 1.20. The quantitative estimate of drug-likeness (QED) is 0.661. The number of nitrogens with zero attached hydrogens (tertiary/aromatic N) is 3. The minimum absolute atomic E-state index is 0.0615. The van der Waals surface area contributed by atoms with Crippen LogP contribution in [0.25, 0.3) is 11.1 Å². The molecular formula is C21H20FN3O4. The predicted molar refractivity (Wildman–Crippen MR) is 103 cm³/mol. The first kappa shape index (κ1) is 18.9. The van der Waals surface area contributed by atoms with Gasteiger partial charge in [-0.3, -0.25) is 9.48 Å². The minimum Gasteiger partial charge on any atom is -0.488 e. The van der Waals surface area contributed by atoms with Gasteiger partial charge in [-0.2, -0.15) is 5.10 Å². The van der Waals surface area contributed by atoms with Crippen molar-refractivity contribution in [2.24, 2.45) is 0 Å². The van der Waals surface area contributed by atoms with Crippen LogP contribution >= 0.6 is 0 Å². The number of aryl methyl sites for hydroxylation is 1. The van der Waals surface area contributed by atoms with Gasteiger partial charge >= 0.3 is 5.63 Å². The second-order valence-corrected chi connectivity index (χ2v) is 7.02. The first-order valence-electron chi connectivity index (χ1n) is 9.31. The molecule has 8 heteroatoms. The van der Waals surface area contributed by atoms with Gasteiger partial charge in [0, 0.05) is 30.8 Å². The number of benzene rings is 1. The first-order chi connectivity index (χ1) is 14.0. The van der Waals surface area contributed by atoms with Gasteiger partial charge in [0.15, 0.2) is 0 Å². The Morgan fingerprint density at radius 2 is 2.07 bits per heavy atom. The van der Waals surface area contributed by atoms with Gasteiger partial charge in [0.1, 0.15) is 30.0 Å². The van der Waals surface area contributed by atoms with Crippen molar-refractivity contribution in [1.82, 2.24) is 14.7 Å². The molecule has 1 amide bonds. The molecule has 1 saturated heterocycles. The lowest BCUT2D eigenvalue weighted by atomic mass is 10.1. The minimum atomic E-state index is -0.457. The molecule has 2 aromatic heterocycles. The number of rotatable bonds is 5. The number of carbonyl (C=O) groups is 1. The maximum Gasteiger partial charge on any atom is 0.339 e. The molecule has 1 unspecified atom stereocenters. The molecule has 7 nitrogen and oxygen atoms in total. The summed E-state index contributed by atoms with van der Waals surface area (Å²) in [6, 6.07) is 9.09. The normalized spacial score (nSPS) is 16.2. The maximum absolute atomic E-state index is 13.1. The van der Waals surface area contributed by atoms with E-state index in [1.165, 1.54) is 18.2 Å². The van der Waals surface area contributed by atoms with E-state index in [0.29, 0.717) is 31.0 Å². The predicted octanol–water partition coefficient (Wildman–Crippen LogP) is 2.63. The number of likely N-dealkylation sites (tertiary alicyclic amines) is 1. The summed E-state index contributed by atoms with van der Waals surface area (Å²) in [4.78, 5) is 25.8. The van der Waals surface area contributed by atoms with Crippen molar-refractivity contribution >= 4 is 5.91 Å². The third kappa shape index (κ3) is 4.53. The van der Waals surface area contributed by atoms with Gasteiger partial charge in [0.2, 0.25) is 5.91 Å². The van der Waals surface area contributed by atoms with E-state index in [4.69, 9.17) is 9.15 Å². The molecule has 0 aliphatic carbocycles. The van der Waals surface area contributed by atoms with Gasteiger partial charge in [-0.1, -0.05) is 12.1 Å². The second-order valence-electron chi connectivity index (χ2n) is 7.02. The number of carbonyl (C=O) groups excluding carboxylic acids is 1. The van der Waals surface area contributed by atoms with Crippen LogP contribution in [-0.2, 0) is 11.3 Å². The molecule has 0 N–H and O–H groups in total. The lowest BCUT2D eigenvalue weighted by Gasteiger charge is -2.17. The van der Waals surface area contributed by atoms with Crippen molar-refractivity contribution in [3.8, 4) is 16.9 Å². The van der Waals surface area contributed by atoms with Crippen LogP contribution in [0.5, 0.6) is 5.75 Å². The van der Waals surface area contributed by atoms with E-state index >= 15 is 0 Å². The molecule has 1 aromatic carbocycles. The van der Waals surface area contributed by atoms with E-state index in [1.807, 2.05) is 0 Å². The average molecular weight is 397 g/mol. The number of hydrogen-bond acceptors (Lipinski definition) is 5. The summed E-state index contributed by atoms with van der Waals surface area (Å²) in [5, 5.41) is 4.23. The molecule has 0 radical (unpaired) electrons. The largest absolute Gasteiger partial charge is 0.488 e. The van der Waals surface area contributed by atoms with Crippen molar-refractivity contribution in [1.29, 1.82) is 0 Å². The van der Waals surface area contributed by atoms with E-state index < -0.39 is 5.63 Å². The number of aromatic nitrogens is 2. The van der Waals surface area contributed by atoms with Crippen LogP contribution in [0.1, 0.15) is 12.2 Å². The standard InChI is InChI=1S/C21H20FN3O4/c1-14-8-19(9-21(27)28-14)29-18-6-7-24(12-18)20(26)13-25-11-16(10-23-25)15-2-4-17(22)5-3-15/h2-5,8-11,18H,6-7,12-13H2,1H3. The fraction of sp³-hybridized carbons (Fsp3) is 0.286. The molecule has 1 atom stereocenters. The van der Waals surface area contributed by atoms with E-state index in [-0.39, 0.29) is 24.4 Å². The van der Waals surface area contributed by atoms with E-state index in [2.05, 4.69) is 5.10 Å². The van der Waals surface area contributed by atoms with Crippen LogP contribution in [0.2, 0.25) is 0 Å². The highest BCUT2D eigenvalue weighted by atomic mass is 19.1. The van der Waals surface area contributed by atoms with Crippen molar-refractivity contribution in [2.75, 3.05) is 13.1 Å². The Hall–Kier alpha value is -3.42. The highest BCUT2D eigenvalue weighted by molar-refractivity contribution is 5.76. The molecule has 0 saturated carbocycles. The van der Waals surface area contributed by atoms with Gasteiger partial charge in [-0.25, -0.2) is 9.18 Å². The number of hydrogen-bond donors (Lipinski definition) is 0.